The standard InChI is InChI=1S/C15H21N3O/c1-2-19-10-8-13(18-16)11-12-7-9-17-15-6-4-3-5-14(12)15/h3-7,9,13,18H,2,8,10-11,16H2,1H3. The van der Waals surface area contributed by atoms with E-state index in [2.05, 4.69) is 22.5 Å². The van der Waals surface area contributed by atoms with E-state index >= 15 is 0 Å². The van der Waals surface area contributed by atoms with Crippen LogP contribution in [0.3, 0.4) is 0 Å². The lowest BCUT2D eigenvalue weighted by atomic mass is 10.0. The van der Waals surface area contributed by atoms with Gasteiger partial charge >= 0.3 is 0 Å². The van der Waals surface area contributed by atoms with Gasteiger partial charge in [0.2, 0.25) is 0 Å². The number of nitrogens with two attached hydrogens (primary N) is 1. The number of hydrogen-bond acceptors (Lipinski definition) is 4. The SMILES string of the molecule is CCOCCC(Cc1ccnc2ccccc12)NN. The molecule has 1 unspecified atom stereocenters. The first-order chi connectivity index (χ1) is 9.35. The van der Waals surface area contributed by atoms with E-state index in [9.17, 15) is 0 Å². The van der Waals surface area contributed by atoms with Crippen LogP contribution in [0.5, 0.6) is 0 Å². The Morgan fingerprint density at radius 1 is 1.32 bits per heavy atom. The van der Waals surface area contributed by atoms with E-state index in [1.807, 2.05) is 31.3 Å². The Kier molecular flexibility index (Phi) is 5.27. The van der Waals surface area contributed by atoms with Crippen LogP contribution in [0, 0.1) is 0 Å². The minimum absolute atomic E-state index is 0.220. The predicted molar refractivity (Wildman–Crippen MR) is 77.7 cm³/mol. The van der Waals surface area contributed by atoms with Crippen molar-refractivity contribution >= 4 is 10.9 Å². The molecule has 0 spiro atoms. The first-order valence-corrected chi connectivity index (χ1v) is 6.71. The zero-order valence-electron chi connectivity index (χ0n) is 11.3. The van der Waals surface area contributed by atoms with Gasteiger partial charge in [-0.05, 0) is 37.5 Å². The molecule has 4 nitrogen and oxygen atoms in total. The van der Waals surface area contributed by atoms with Crippen molar-refractivity contribution in [3.8, 4) is 0 Å². The van der Waals surface area contributed by atoms with Gasteiger partial charge in [-0.2, -0.15) is 0 Å². The van der Waals surface area contributed by atoms with Crippen molar-refractivity contribution in [3.05, 3.63) is 42.1 Å². The molecular formula is C15H21N3O. The maximum absolute atomic E-state index is 5.63. The molecule has 1 aromatic heterocycles. The fourth-order valence-corrected chi connectivity index (χ4v) is 2.21. The maximum Gasteiger partial charge on any atom is 0.0704 e. The highest BCUT2D eigenvalue weighted by molar-refractivity contribution is 5.81. The average molecular weight is 259 g/mol. The van der Waals surface area contributed by atoms with Crippen molar-refractivity contribution in [2.24, 2.45) is 5.84 Å². The van der Waals surface area contributed by atoms with Crippen LogP contribution in [0.1, 0.15) is 18.9 Å². The lowest BCUT2D eigenvalue weighted by Crippen LogP contribution is -2.37. The van der Waals surface area contributed by atoms with Crippen LogP contribution in [0.25, 0.3) is 10.9 Å². The van der Waals surface area contributed by atoms with Crippen LogP contribution in [0.2, 0.25) is 0 Å². The van der Waals surface area contributed by atoms with Crippen molar-refractivity contribution < 1.29 is 4.74 Å². The molecule has 19 heavy (non-hydrogen) atoms. The van der Waals surface area contributed by atoms with Gasteiger partial charge in [-0.1, -0.05) is 18.2 Å². The fourth-order valence-electron chi connectivity index (χ4n) is 2.21. The highest BCUT2D eigenvalue weighted by atomic mass is 16.5. The maximum atomic E-state index is 5.63. The Labute approximate surface area is 113 Å². The smallest absolute Gasteiger partial charge is 0.0704 e. The molecular weight excluding hydrogens is 238 g/mol. The lowest BCUT2D eigenvalue weighted by molar-refractivity contribution is 0.136. The van der Waals surface area contributed by atoms with Gasteiger partial charge in [-0.15, -0.1) is 0 Å². The van der Waals surface area contributed by atoms with Gasteiger partial charge in [0.15, 0.2) is 0 Å². The number of pyridine rings is 1. The minimum Gasteiger partial charge on any atom is -0.382 e. The van der Waals surface area contributed by atoms with Gasteiger partial charge in [0.05, 0.1) is 5.52 Å². The van der Waals surface area contributed by atoms with E-state index in [1.54, 1.807) is 0 Å². The third-order valence-corrected chi connectivity index (χ3v) is 3.26. The molecule has 0 saturated heterocycles. The van der Waals surface area contributed by atoms with Gasteiger partial charge in [0, 0.05) is 30.8 Å². The molecule has 2 aromatic rings. The second kappa shape index (κ2) is 7.19. The Morgan fingerprint density at radius 3 is 2.95 bits per heavy atom. The molecule has 0 amide bonds. The molecule has 2 rings (SSSR count). The van der Waals surface area contributed by atoms with Gasteiger partial charge in [-0.25, -0.2) is 0 Å². The molecule has 0 radical (unpaired) electrons. The quantitative estimate of drug-likeness (QED) is 0.454. The van der Waals surface area contributed by atoms with E-state index < -0.39 is 0 Å². The summed E-state index contributed by atoms with van der Waals surface area (Å²) < 4.78 is 5.38. The Morgan fingerprint density at radius 2 is 2.16 bits per heavy atom. The number of rotatable bonds is 7. The molecule has 102 valence electrons. The van der Waals surface area contributed by atoms with E-state index in [4.69, 9.17) is 10.6 Å². The van der Waals surface area contributed by atoms with Crippen LogP contribution in [-0.2, 0) is 11.2 Å². The molecule has 3 N–H and O–H groups in total. The largest absolute Gasteiger partial charge is 0.382 e. The molecule has 0 aliphatic heterocycles. The number of nitrogens with one attached hydrogen (secondary N) is 1. The molecule has 0 aliphatic rings. The summed E-state index contributed by atoms with van der Waals surface area (Å²) in [4.78, 5) is 4.37. The highest BCUT2D eigenvalue weighted by Gasteiger charge is 2.10. The van der Waals surface area contributed by atoms with Crippen molar-refractivity contribution in [2.75, 3.05) is 13.2 Å². The van der Waals surface area contributed by atoms with Crippen LogP contribution in [0.4, 0.5) is 0 Å². The third kappa shape index (κ3) is 3.73. The third-order valence-electron chi connectivity index (χ3n) is 3.26. The molecule has 0 bridgehead atoms. The normalized spacial score (nSPS) is 12.7. The van der Waals surface area contributed by atoms with E-state index in [0.29, 0.717) is 0 Å². The van der Waals surface area contributed by atoms with E-state index in [0.717, 1.165) is 31.6 Å². The highest BCUT2D eigenvalue weighted by Crippen LogP contribution is 2.18. The summed E-state index contributed by atoms with van der Waals surface area (Å²) >= 11 is 0. The number of fused-ring (bicyclic) bond motifs is 1. The van der Waals surface area contributed by atoms with Gasteiger partial charge in [-0.3, -0.25) is 16.3 Å². The molecule has 4 heteroatoms. The van der Waals surface area contributed by atoms with Crippen LogP contribution < -0.4 is 11.3 Å². The topological polar surface area (TPSA) is 60.2 Å². The van der Waals surface area contributed by atoms with Gasteiger partial charge < -0.3 is 4.74 Å². The molecule has 0 saturated carbocycles. The van der Waals surface area contributed by atoms with Crippen LogP contribution >= 0.6 is 0 Å². The second-order valence-corrected chi connectivity index (χ2v) is 4.54. The lowest BCUT2D eigenvalue weighted by Gasteiger charge is -2.16. The number of hydrogen-bond donors (Lipinski definition) is 2. The Bertz CT molecular complexity index is 510. The minimum atomic E-state index is 0.220. The number of nitrogens with zero attached hydrogens (tertiary/aromatic N) is 1. The Hall–Kier alpha value is -1.49. The van der Waals surface area contributed by atoms with Crippen molar-refractivity contribution in [1.82, 2.24) is 10.4 Å². The predicted octanol–water partition coefficient (Wildman–Crippen LogP) is 2.04. The monoisotopic (exact) mass is 259 g/mol. The van der Waals surface area contributed by atoms with Crippen molar-refractivity contribution in [2.45, 2.75) is 25.8 Å². The van der Waals surface area contributed by atoms with Crippen molar-refractivity contribution in [1.29, 1.82) is 0 Å². The van der Waals surface area contributed by atoms with Crippen LogP contribution in [0.15, 0.2) is 36.5 Å². The van der Waals surface area contributed by atoms with Gasteiger partial charge in [0.25, 0.3) is 0 Å². The summed E-state index contributed by atoms with van der Waals surface area (Å²) in [6.45, 7) is 3.48. The number of ether oxygens (including phenoxy) is 1. The second-order valence-electron chi connectivity index (χ2n) is 4.54. The Balaban J connectivity index is 2.10. The number of benzene rings is 1. The summed E-state index contributed by atoms with van der Waals surface area (Å²) in [6, 6.07) is 10.5. The summed E-state index contributed by atoms with van der Waals surface area (Å²) in [5, 5.41) is 1.20. The van der Waals surface area contributed by atoms with Crippen LogP contribution in [-0.4, -0.2) is 24.2 Å². The number of para-hydroxylation sites is 1. The zero-order chi connectivity index (χ0) is 13.5. The zero-order valence-corrected chi connectivity index (χ0v) is 11.3. The fraction of sp³-hybridized carbons (Fsp3) is 0.400. The number of aromatic nitrogens is 1. The summed E-state index contributed by atoms with van der Waals surface area (Å²) in [5.41, 5.74) is 5.17. The molecule has 0 aliphatic carbocycles. The molecule has 1 aromatic carbocycles. The molecule has 0 fully saturated rings. The summed E-state index contributed by atoms with van der Waals surface area (Å²) in [7, 11) is 0. The van der Waals surface area contributed by atoms with Crippen molar-refractivity contribution in [3.63, 3.8) is 0 Å². The first-order valence-electron chi connectivity index (χ1n) is 6.71. The van der Waals surface area contributed by atoms with E-state index in [1.165, 1.54) is 10.9 Å². The average Bonchev–Trinajstić information content (AvgIpc) is 2.46. The first kappa shape index (κ1) is 13.9. The van der Waals surface area contributed by atoms with E-state index in [-0.39, 0.29) is 6.04 Å². The molecule has 1 atom stereocenters. The summed E-state index contributed by atoms with van der Waals surface area (Å²) in [6.07, 6.45) is 3.64. The van der Waals surface area contributed by atoms with Gasteiger partial charge in [0.1, 0.15) is 0 Å². The number of hydrazine groups is 1. The summed E-state index contributed by atoms with van der Waals surface area (Å²) in [5.74, 6) is 5.63. The molecule has 1 heterocycles.